The molecule has 2 unspecified atom stereocenters. The van der Waals surface area contributed by atoms with Crippen LogP contribution in [0.1, 0.15) is 50.6 Å². The summed E-state index contributed by atoms with van der Waals surface area (Å²) < 4.78 is 19.1. The van der Waals surface area contributed by atoms with Crippen LogP contribution in [0.2, 0.25) is 0 Å². The lowest BCUT2D eigenvalue weighted by Crippen LogP contribution is -2.21. The van der Waals surface area contributed by atoms with E-state index in [0.717, 1.165) is 12.0 Å². The smallest absolute Gasteiger partial charge is 0.124 e. The molecule has 4 heteroatoms. The zero-order valence-corrected chi connectivity index (χ0v) is 12.9. The SMILES string of the molecule is CNC(C)c1cc(F)ccc1OCC(O)CC1CCCC1. The molecule has 0 radical (unpaired) electrons. The quantitative estimate of drug-likeness (QED) is 0.810. The fourth-order valence-corrected chi connectivity index (χ4v) is 3.03. The van der Waals surface area contributed by atoms with Gasteiger partial charge in [0.2, 0.25) is 0 Å². The Morgan fingerprint density at radius 1 is 1.38 bits per heavy atom. The van der Waals surface area contributed by atoms with E-state index in [1.807, 2.05) is 14.0 Å². The summed E-state index contributed by atoms with van der Waals surface area (Å²) in [6, 6.07) is 4.52. The van der Waals surface area contributed by atoms with E-state index < -0.39 is 6.10 Å². The summed E-state index contributed by atoms with van der Waals surface area (Å²) in [4.78, 5) is 0. The highest BCUT2D eigenvalue weighted by atomic mass is 19.1. The van der Waals surface area contributed by atoms with Gasteiger partial charge >= 0.3 is 0 Å². The average Bonchev–Trinajstić information content (AvgIpc) is 2.98. The highest BCUT2D eigenvalue weighted by Crippen LogP contribution is 2.29. The molecule has 2 N–H and O–H groups in total. The number of benzene rings is 1. The first-order chi connectivity index (χ1) is 10.1. The van der Waals surface area contributed by atoms with E-state index in [1.165, 1.54) is 37.8 Å². The van der Waals surface area contributed by atoms with Crippen LogP contribution in [-0.4, -0.2) is 24.9 Å². The molecule has 0 spiro atoms. The van der Waals surface area contributed by atoms with E-state index in [4.69, 9.17) is 4.74 Å². The fraction of sp³-hybridized carbons (Fsp3) is 0.647. The van der Waals surface area contributed by atoms with Crippen molar-refractivity contribution >= 4 is 0 Å². The summed E-state index contributed by atoms with van der Waals surface area (Å²) in [6.07, 6.45) is 5.35. The third-order valence-electron chi connectivity index (χ3n) is 4.38. The van der Waals surface area contributed by atoms with Gasteiger partial charge in [0.05, 0.1) is 6.10 Å². The molecule has 1 aliphatic rings. The van der Waals surface area contributed by atoms with Gasteiger partial charge in [-0.25, -0.2) is 4.39 Å². The van der Waals surface area contributed by atoms with Gasteiger partial charge in [0.1, 0.15) is 18.2 Å². The molecule has 1 aromatic rings. The second-order valence-electron chi connectivity index (χ2n) is 6.04. The Kier molecular flexibility index (Phi) is 6.00. The van der Waals surface area contributed by atoms with Crippen molar-refractivity contribution in [3.8, 4) is 5.75 Å². The number of hydrogen-bond acceptors (Lipinski definition) is 3. The third-order valence-corrected chi connectivity index (χ3v) is 4.38. The molecule has 21 heavy (non-hydrogen) atoms. The van der Waals surface area contributed by atoms with E-state index in [-0.39, 0.29) is 18.5 Å². The molecule has 118 valence electrons. The van der Waals surface area contributed by atoms with Crippen LogP contribution in [0.15, 0.2) is 18.2 Å². The van der Waals surface area contributed by atoms with Gasteiger partial charge in [-0.15, -0.1) is 0 Å². The molecule has 1 aromatic carbocycles. The fourth-order valence-electron chi connectivity index (χ4n) is 3.03. The normalized spacial score (nSPS) is 18.7. The lowest BCUT2D eigenvalue weighted by Gasteiger charge is -2.19. The van der Waals surface area contributed by atoms with Crippen molar-refractivity contribution in [2.75, 3.05) is 13.7 Å². The lowest BCUT2D eigenvalue weighted by atomic mass is 10.0. The topological polar surface area (TPSA) is 41.5 Å². The summed E-state index contributed by atoms with van der Waals surface area (Å²) in [7, 11) is 1.83. The van der Waals surface area contributed by atoms with E-state index >= 15 is 0 Å². The second kappa shape index (κ2) is 7.76. The van der Waals surface area contributed by atoms with Gasteiger partial charge in [0.25, 0.3) is 0 Å². The van der Waals surface area contributed by atoms with E-state index in [0.29, 0.717) is 11.7 Å². The predicted octanol–water partition coefficient (Wildman–Crippen LogP) is 3.43. The standard InChI is InChI=1S/C17H26FNO2/c1-12(19-2)16-10-14(18)7-8-17(16)21-11-15(20)9-13-5-3-4-6-13/h7-8,10,12-13,15,19-20H,3-6,9,11H2,1-2H3. The minimum atomic E-state index is -0.448. The molecule has 1 aliphatic carbocycles. The van der Waals surface area contributed by atoms with Crippen molar-refractivity contribution in [2.45, 2.75) is 51.2 Å². The van der Waals surface area contributed by atoms with Gasteiger partial charge in [-0.3, -0.25) is 0 Å². The van der Waals surface area contributed by atoms with Crippen molar-refractivity contribution in [3.05, 3.63) is 29.6 Å². The number of rotatable bonds is 7. The molecule has 1 fully saturated rings. The third kappa shape index (κ3) is 4.68. The molecule has 3 nitrogen and oxygen atoms in total. The Balaban J connectivity index is 1.92. The van der Waals surface area contributed by atoms with E-state index in [2.05, 4.69) is 5.32 Å². The van der Waals surface area contributed by atoms with Crippen LogP contribution in [0, 0.1) is 11.7 Å². The zero-order valence-electron chi connectivity index (χ0n) is 12.9. The van der Waals surface area contributed by atoms with Gasteiger partial charge in [0.15, 0.2) is 0 Å². The second-order valence-corrected chi connectivity index (χ2v) is 6.04. The molecule has 1 saturated carbocycles. The van der Waals surface area contributed by atoms with Crippen LogP contribution in [0.5, 0.6) is 5.75 Å². The van der Waals surface area contributed by atoms with Crippen LogP contribution in [0.25, 0.3) is 0 Å². The lowest BCUT2D eigenvalue weighted by molar-refractivity contribution is 0.0848. The Morgan fingerprint density at radius 3 is 2.76 bits per heavy atom. The molecule has 0 saturated heterocycles. The summed E-state index contributed by atoms with van der Waals surface area (Å²) in [6.45, 7) is 2.22. The number of aliphatic hydroxyl groups excluding tert-OH is 1. The van der Waals surface area contributed by atoms with Gasteiger partial charge in [0, 0.05) is 11.6 Å². The predicted molar refractivity (Wildman–Crippen MR) is 82.0 cm³/mol. The molecule has 2 atom stereocenters. The van der Waals surface area contributed by atoms with Crippen molar-refractivity contribution in [1.29, 1.82) is 0 Å². The highest BCUT2D eigenvalue weighted by molar-refractivity contribution is 5.36. The van der Waals surface area contributed by atoms with Gasteiger partial charge < -0.3 is 15.2 Å². The van der Waals surface area contributed by atoms with Crippen molar-refractivity contribution < 1.29 is 14.2 Å². The summed E-state index contributed by atoms with van der Waals surface area (Å²) >= 11 is 0. The molecule has 2 rings (SSSR count). The first kappa shape index (κ1) is 16.2. The Bertz CT molecular complexity index is 446. The number of nitrogens with one attached hydrogen (secondary N) is 1. The summed E-state index contributed by atoms with van der Waals surface area (Å²) in [5, 5.41) is 13.2. The van der Waals surface area contributed by atoms with Gasteiger partial charge in [-0.2, -0.15) is 0 Å². The maximum absolute atomic E-state index is 13.4. The number of halogens is 1. The van der Waals surface area contributed by atoms with E-state index in [1.54, 1.807) is 6.07 Å². The molecule has 0 amide bonds. The summed E-state index contributed by atoms with van der Waals surface area (Å²) in [5.74, 6) is 1.00. The molecule has 0 bridgehead atoms. The van der Waals surface area contributed by atoms with E-state index in [9.17, 15) is 9.50 Å². The number of aliphatic hydroxyl groups is 1. The minimum absolute atomic E-state index is 0.00248. The van der Waals surface area contributed by atoms with Crippen molar-refractivity contribution in [3.63, 3.8) is 0 Å². The molecular weight excluding hydrogens is 269 g/mol. The molecule has 0 aromatic heterocycles. The Labute approximate surface area is 126 Å². The van der Waals surface area contributed by atoms with Crippen molar-refractivity contribution in [1.82, 2.24) is 5.32 Å². The first-order valence-corrected chi connectivity index (χ1v) is 7.87. The van der Waals surface area contributed by atoms with Crippen LogP contribution < -0.4 is 10.1 Å². The minimum Gasteiger partial charge on any atom is -0.491 e. The Hall–Kier alpha value is -1.13. The summed E-state index contributed by atoms with van der Waals surface area (Å²) in [5.41, 5.74) is 0.783. The molecular formula is C17H26FNO2. The van der Waals surface area contributed by atoms with Gasteiger partial charge in [-0.1, -0.05) is 25.7 Å². The van der Waals surface area contributed by atoms with Crippen molar-refractivity contribution in [2.24, 2.45) is 5.92 Å². The van der Waals surface area contributed by atoms with Crippen LogP contribution in [-0.2, 0) is 0 Å². The number of hydrogen-bond donors (Lipinski definition) is 2. The largest absolute Gasteiger partial charge is 0.491 e. The molecule has 0 heterocycles. The maximum atomic E-state index is 13.4. The van der Waals surface area contributed by atoms with Gasteiger partial charge in [-0.05, 0) is 44.5 Å². The average molecular weight is 295 g/mol. The maximum Gasteiger partial charge on any atom is 0.124 e. The zero-order chi connectivity index (χ0) is 15.2. The van der Waals surface area contributed by atoms with Crippen LogP contribution >= 0.6 is 0 Å². The van der Waals surface area contributed by atoms with Crippen LogP contribution in [0.3, 0.4) is 0 Å². The monoisotopic (exact) mass is 295 g/mol. The van der Waals surface area contributed by atoms with Crippen LogP contribution in [0.4, 0.5) is 4.39 Å². The first-order valence-electron chi connectivity index (χ1n) is 7.87. The number of ether oxygens (including phenoxy) is 1. The highest BCUT2D eigenvalue weighted by Gasteiger charge is 2.20. The Morgan fingerprint density at radius 2 is 2.10 bits per heavy atom. The molecule has 0 aliphatic heterocycles.